The van der Waals surface area contributed by atoms with Crippen molar-refractivity contribution in [1.29, 1.82) is 5.41 Å². The van der Waals surface area contributed by atoms with Crippen LogP contribution >= 0.6 is 0 Å². The van der Waals surface area contributed by atoms with Crippen LogP contribution in [0.25, 0.3) is 0 Å². The zero-order valence-electron chi connectivity index (χ0n) is 9.89. The van der Waals surface area contributed by atoms with Gasteiger partial charge in [0.15, 0.2) is 0 Å². The molecule has 1 nitrogen and oxygen atoms in total. The minimum Gasteiger partial charge on any atom is -0.309 e. The van der Waals surface area contributed by atoms with Crippen LogP contribution in [-0.4, -0.2) is 5.71 Å². The van der Waals surface area contributed by atoms with Crippen LogP contribution in [-0.2, 0) is 0 Å². The van der Waals surface area contributed by atoms with Crippen molar-refractivity contribution in [2.45, 2.75) is 19.3 Å². The minimum atomic E-state index is 0.543. The Balaban J connectivity index is 1.77. The van der Waals surface area contributed by atoms with E-state index < -0.39 is 0 Å². The molecule has 0 heterocycles. The summed E-state index contributed by atoms with van der Waals surface area (Å²) < 4.78 is 0. The molecular weight excluding hydrogens is 206 g/mol. The van der Waals surface area contributed by atoms with E-state index >= 15 is 0 Å². The molecule has 17 heavy (non-hydrogen) atoms. The molecule has 2 saturated carbocycles. The highest BCUT2D eigenvalue weighted by Crippen LogP contribution is 2.53. The smallest absolute Gasteiger partial charge is 0.0132 e. The standard InChI is InChI=1S/C16H17N/c17-16-9-15-11-4-2-1-3-10(11)5-6-13(15)12-7-8-14(12)16/h1-6,11-12,14-15,17H,7-9H2. The van der Waals surface area contributed by atoms with Gasteiger partial charge < -0.3 is 5.41 Å². The van der Waals surface area contributed by atoms with Crippen molar-refractivity contribution in [3.8, 4) is 0 Å². The Morgan fingerprint density at radius 3 is 2.71 bits per heavy atom. The van der Waals surface area contributed by atoms with E-state index in [-0.39, 0.29) is 0 Å². The zero-order chi connectivity index (χ0) is 11.4. The van der Waals surface area contributed by atoms with Crippen molar-refractivity contribution in [2.24, 2.45) is 23.7 Å². The molecule has 4 unspecified atom stereocenters. The third-order valence-electron chi connectivity index (χ3n) is 5.02. The average molecular weight is 223 g/mol. The predicted octanol–water partition coefficient (Wildman–Crippen LogP) is 3.66. The summed E-state index contributed by atoms with van der Waals surface area (Å²) in [6, 6.07) is 0. The van der Waals surface area contributed by atoms with Gasteiger partial charge in [0.25, 0.3) is 0 Å². The van der Waals surface area contributed by atoms with Crippen LogP contribution in [0, 0.1) is 29.1 Å². The molecule has 4 rings (SSSR count). The average Bonchev–Trinajstić information content (AvgIpc) is 2.29. The Labute approximate surface area is 102 Å². The monoisotopic (exact) mass is 223 g/mol. The van der Waals surface area contributed by atoms with Crippen LogP contribution in [0.15, 0.2) is 47.6 Å². The number of hydrogen-bond donors (Lipinski definition) is 1. The summed E-state index contributed by atoms with van der Waals surface area (Å²) in [7, 11) is 0. The first-order valence-electron chi connectivity index (χ1n) is 6.68. The normalized spacial score (nSPS) is 41.8. The van der Waals surface area contributed by atoms with Gasteiger partial charge >= 0.3 is 0 Å². The fourth-order valence-corrected chi connectivity index (χ4v) is 3.98. The first-order valence-corrected chi connectivity index (χ1v) is 6.68. The van der Waals surface area contributed by atoms with Crippen LogP contribution in [0.2, 0.25) is 0 Å². The van der Waals surface area contributed by atoms with Gasteiger partial charge in [-0.05, 0) is 36.7 Å². The summed E-state index contributed by atoms with van der Waals surface area (Å²) in [6.45, 7) is 0. The molecule has 1 N–H and O–H groups in total. The topological polar surface area (TPSA) is 23.9 Å². The minimum absolute atomic E-state index is 0.543. The molecule has 86 valence electrons. The molecule has 0 aromatic heterocycles. The van der Waals surface area contributed by atoms with E-state index in [0.717, 1.165) is 12.1 Å². The Kier molecular flexibility index (Phi) is 1.88. The van der Waals surface area contributed by atoms with E-state index in [2.05, 4.69) is 36.5 Å². The van der Waals surface area contributed by atoms with Crippen LogP contribution in [0.3, 0.4) is 0 Å². The lowest BCUT2D eigenvalue weighted by atomic mass is 9.55. The van der Waals surface area contributed by atoms with E-state index in [4.69, 9.17) is 5.41 Å². The van der Waals surface area contributed by atoms with E-state index in [9.17, 15) is 0 Å². The van der Waals surface area contributed by atoms with Crippen molar-refractivity contribution in [1.82, 2.24) is 0 Å². The van der Waals surface area contributed by atoms with Gasteiger partial charge in [-0.25, -0.2) is 0 Å². The van der Waals surface area contributed by atoms with Crippen LogP contribution < -0.4 is 0 Å². The summed E-state index contributed by atoms with van der Waals surface area (Å²) in [4.78, 5) is 0. The predicted molar refractivity (Wildman–Crippen MR) is 70.0 cm³/mol. The molecule has 0 spiro atoms. The summed E-state index contributed by atoms with van der Waals surface area (Å²) in [5.74, 6) is 2.43. The first kappa shape index (κ1) is 9.64. The third kappa shape index (κ3) is 1.23. The van der Waals surface area contributed by atoms with E-state index in [1.54, 1.807) is 5.57 Å². The van der Waals surface area contributed by atoms with Crippen molar-refractivity contribution >= 4 is 5.71 Å². The number of rotatable bonds is 0. The molecule has 1 heteroatoms. The van der Waals surface area contributed by atoms with Gasteiger partial charge in [-0.2, -0.15) is 0 Å². The van der Waals surface area contributed by atoms with Gasteiger partial charge in [-0.1, -0.05) is 42.0 Å². The highest BCUT2D eigenvalue weighted by atomic mass is 14.6. The number of fused-ring (bicyclic) bond motifs is 5. The fourth-order valence-electron chi connectivity index (χ4n) is 3.98. The molecule has 0 radical (unpaired) electrons. The second kappa shape index (κ2) is 3.32. The van der Waals surface area contributed by atoms with E-state index in [1.807, 2.05) is 0 Å². The Morgan fingerprint density at radius 2 is 1.88 bits per heavy atom. The van der Waals surface area contributed by atoms with Gasteiger partial charge in [0.2, 0.25) is 0 Å². The summed E-state index contributed by atoms with van der Waals surface area (Å²) in [6.07, 6.45) is 17.1. The molecule has 0 amide bonds. The van der Waals surface area contributed by atoms with Gasteiger partial charge in [0.05, 0.1) is 0 Å². The highest BCUT2D eigenvalue weighted by molar-refractivity contribution is 5.87. The molecule has 0 aromatic carbocycles. The van der Waals surface area contributed by atoms with E-state index in [1.165, 1.54) is 18.4 Å². The van der Waals surface area contributed by atoms with Crippen molar-refractivity contribution in [3.05, 3.63) is 47.6 Å². The molecule has 0 saturated heterocycles. The van der Waals surface area contributed by atoms with Crippen molar-refractivity contribution in [3.63, 3.8) is 0 Å². The lowest BCUT2D eigenvalue weighted by Crippen LogP contribution is -2.44. The highest BCUT2D eigenvalue weighted by Gasteiger charge is 2.46. The lowest BCUT2D eigenvalue weighted by Gasteiger charge is -2.49. The molecule has 0 bridgehead atoms. The van der Waals surface area contributed by atoms with Crippen LogP contribution in [0.5, 0.6) is 0 Å². The molecule has 4 aliphatic rings. The zero-order valence-corrected chi connectivity index (χ0v) is 9.89. The Bertz CT molecular complexity index is 504. The van der Waals surface area contributed by atoms with Gasteiger partial charge in [-0.15, -0.1) is 0 Å². The third-order valence-corrected chi connectivity index (χ3v) is 5.02. The number of allylic oxidation sites excluding steroid dienone is 8. The van der Waals surface area contributed by atoms with Crippen molar-refractivity contribution in [2.75, 3.05) is 0 Å². The maximum atomic E-state index is 8.22. The lowest BCUT2D eigenvalue weighted by molar-refractivity contribution is 0.231. The van der Waals surface area contributed by atoms with Crippen LogP contribution in [0.1, 0.15) is 19.3 Å². The quantitative estimate of drug-likeness (QED) is 0.648. The van der Waals surface area contributed by atoms with E-state index in [0.29, 0.717) is 23.7 Å². The van der Waals surface area contributed by atoms with Crippen molar-refractivity contribution < 1.29 is 0 Å². The Hall–Kier alpha value is -1.37. The number of hydrogen-bond acceptors (Lipinski definition) is 1. The number of nitrogens with one attached hydrogen (secondary N) is 1. The van der Waals surface area contributed by atoms with Gasteiger partial charge in [0, 0.05) is 17.5 Å². The second-order valence-electron chi connectivity index (χ2n) is 5.73. The van der Waals surface area contributed by atoms with Gasteiger partial charge in [-0.3, -0.25) is 0 Å². The molecular formula is C16H17N. The second-order valence-corrected chi connectivity index (χ2v) is 5.73. The van der Waals surface area contributed by atoms with Crippen LogP contribution in [0.4, 0.5) is 0 Å². The summed E-state index contributed by atoms with van der Waals surface area (Å²) in [5.41, 5.74) is 4.10. The maximum absolute atomic E-state index is 8.22. The van der Waals surface area contributed by atoms with Gasteiger partial charge in [0.1, 0.15) is 0 Å². The molecule has 0 aliphatic heterocycles. The SMILES string of the molecule is N=C1CC2C(=CC=C3C=CC=CC32)C2CCC12. The summed E-state index contributed by atoms with van der Waals surface area (Å²) in [5, 5.41) is 8.22. The molecule has 4 atom stereocenters. The first-order chi connectivity index (χ1) is 8.34. The molecule has 4 aliphatic carbocycles. The molecule has 0 aromatic rings. The molecule has 2 fully saturated rings. The largest absolute Gasteiger partial charge is 0.309 e. The maximum Gasteiger partial charge on any atom is 0.0132 e. The fraction of sp³-hybridized carbons (Fsp3) is 0.438. The Morgan fingerprint density at radius 1 is 1.00 bits per heavy atom. The summed E-state index contributed by atoms with van der Waals surface area (Å²) >= 11 is 0.